The van der Waals surface area contributed by atoms with Crippen molar-refractivity contribution in [3.8, 4) is 0 Å². The topological polar surface area (TPSA) is 46.2 Å². The second-order valence-corrected chi connectivity index (χ2v) is 6.91. The molecule has 5 heteroatoms. The summed E-state index contributed by atoms with van der Waals surface area (Å²) in [6.07, 6.45) is 0.564. The van der Waals surface area contributed by atoms with Gasteiger partial charge in [0.05, 0.1) is 5.75 Å². The molecule has 1 aromatic carbocycles. The third-order valence-corrected chi connectivity index (χ3v) is 4.87. The molecule has 90 valence electrons. The van der Waals surface area contributed by atoms with Gasteiger partial charge in [-0.3, -0.25) is 0 Å². The van der Waals surface area contributed by atoms with Crippen molar-refractivity contribution in [3.05, 3.63) is 30.3 Å². The minimum atomic E-state index is -3.13. The number of hydrogen-bond donors (Lipinski definition) is 1. The van der Waals surface area contributed by atoms with Crippen LogP contribution in [0.3, 0.4) is 0 Å². The van der Waals surface area contributed by atoms with E-state index in [1.807, 2.05) is 30.3 Å². The average molecular weight is 262 g/mol. The van der Waals surface area contributed by atoms with E-state index in [9.17, 15) is 8.42 Å². The number of alkyl halides is 1. The number of hydrogen-bond acceptors (Lipinski definition) is 3. The van der Waals surface area contributed by atoms with Gasteiger partial charge in [0.1, 0.15) is 4.71 Å². The lowest BCUT2D eigenvalue weighted by atomic mass is 10.3. The molecule has 0 amide bonds. The van der Waals surface area contributed by atoms with Crippen LogP contribution in [0.5, 0.6) is 0 Å². The lowest BCUT2D eigenvalue weighted by Gasteiger charge is -2.07. The summed E-state index contributed by atoms with van der Waals surface area (Å²) >= 11 is 5.56. The fraction of sp³-hybridized carbons (Fsp3) is 0.455. The van der Waals surface area contributed by atoms with Gasteiger partial charge in [0.25, 0.3) is 0 Å². The van der Waals surface area contributed by atoms with E-state index in [-0.39, 0.29) is 5.75 Å². The Balaban J connectivity index is 2.28. The quantitative estimate of drug-likeness (QED) is 0.632. The van der Waals surface area contributed by atoms with Crippen LogP contribution >= 0.6 is 11.6 Å². The molecular formula is C11H16ClNO2S. The first-order chi connectivity index (χ1) is 7.52. The number of sulfone groups is 1. The van der Waals surface area contributed by atoms with Crippen molar-refractivity contribution < 1.29 is 8.42 Å². The van der Waals surface area contributed by atoms with Crippen molar-refractivity contribution in [1.82, 2.24) is 0 Å². The van der Waals surface area contributed by atoms with Crippen LogP contribution in [-0.2, 0) is 9.84 Å². The van der Waals surface area contributed by atoms with Crippen molar-refractivity contribution in [2.45, 2.75) is 18.1 Å². The zero-order valence-electron chi connectivity index (χ0n) is 9.19. The molecule has 1 N–H and O–H groups in total. The molecule has 0 bridgehead atoms. The maximum absolute atomic E-state index is 11.4. The monoisotopic (exact) mass is 261 g/mol. The summed E-state index contributed by atoms with van der Waals surface area (Å²) in [5, 5.41) is 3.15. The maximum Gasteiger partial charge on any atom is 0.166 e. The zero-order valence-corrected chi connectivity index (χ0v) is 10.8. The molecule has 1 atom stereocenters. The summed E-state index contributed by atoms with van der Waals surface area (Å²) in [7, 11) is -3.13. The van der Waals surface area contributed by atoms with Crippen LogP contribution in [0.25, 0.3) is 0 Å². The van der Waals surface area contributed by atoms with E-state index in [0.717, 1.165) is 5.69 Å². The van der Waals surface area contributed by atoms with Crippen LogP contribution in [0.2, 0.25) is 0 Å². The lowest BCUT2D eigenvalue weighted by molar-refractivity contribution is 0.592. The molecule has 0 saturated carbocycles. The molecule has 0 radical (unpaired) electrons. The Bertz CT molecular complexity index is 403. The van der Waals surface area contributed by atoms with Gasteiger partial charge in [-0.15, -0.1) is 11.6 Å². The van der Waals surface area contributed by atoms with Gasteiger partial charge >= 0.3 is 0 Å². The van der Waals surface area contributed by atoms with Gasteiger partial charge in [-0.25, -0.2) is 8.42 Å². The van der Waals surface area contributed by atoms with Crippen molar-refractivity contribution >= 4 is 27.1 Å². The van der Waals surface area contributed by atoms with Gasteiger partial charge in [0.2, 0.25) is 0 Å². The molecule has 0 spiro atoms. The van der Waals surface area contributed by atoms with Gasteiger partial charge in [-0.2, -0.15) is 0 Å². The molecular weight excluding hydrogens is 246 g/mol. The smallest absolute Gasteiger partial charge is 0.166 e. The van der Waals surface area contributed by atoms with Crippen LogP contribution in [0.15, 0.2) is 30.3 Å². The SMILES string of the molecule is CC(Cl)S(=O)(=O)CCCNc1ccccc1. The van der Waals surface area contributed by atoms with E-state index in [1.54, 1.807) is 0 Å². The fourth-order valence-corrected chi connectivity index (χ4v) is 2.36. The summed E-state index contributed by atoms with van der Waals surface area (Å²) in [5.74, 6) is 0.123. The summed E-state index contributed by atoms with van der Waals surface area (Å²) in [6, 6.07) is 9.68. The molecule has 16 heavy (non-hydrogen) atoms. The Kier molecular flexibility index (Phi) is 5.09. The minimum Gasteiger partial charge on any atom is -0.385 e. The molecule has 1 unspecified atom stereocenters. The largest absolute Gasteiger partial charge is 0.385 e. The van der Waals surface area contributed by atoms with E-state index in [0.29, 0.717) is 13.0 Å². The standard InChI is InChI=1S/C11H16ClNO2S/c1-10(12)16(14,15)9-5-8-13-11-6-3-2-4-7-11/h2-4,6-7,10,13H,5,8-9H2,1H3. The molecule has 0 aliphatic carbocycles. The van der Waals surface area contributed by atoms with E-state index in [2.05, 4.69) is 5.32 Å². The first-order valence-corrected chi connectivity index (χ1v) is 7.32. The van der Waals surface area contributed by atoms with Crippen molar-refractivity contribution in [1.29, 1.82) is 0 Å². The molecule has 0 aliphatic heterocycles. The molecule has 1 aromatic rings. The molecule has 0 fully saturated rings. The van der Waals surface area contributed by atoms with Crippen LogP contribution in [-0.4, -0.2) is 25.4 Å². The Hall–Kier alpha value is -0.740. The molecule has 0 aromatic heterocycles. The molecule has 0 heterocycles. The predicted molar refractivity (Wildman–Crippen MR) is 68.7 cm³/mol. The van der Waals surface area contributed by atoms with Crippen molar-refractivity contribution in [2.24, 2.45) is 0 Å². The third kappa shape index (κ3) is 4.41. The van der Waals surface area contributed by atoms with Crippen LogP contribution in [0, 0.1) is 0 Å². The number of anilines is 1. The Morgan fingerprint density at radius 2 is 1.94 bits per heavy atom. The fourth-order valence-electron chi connectivity index (χ4n) is 1.22. The van der Waals surface area contributed by atoms with Crippen LogP contribution in [0.1, 0.15) is 13.3 Å². The minimum absolute atomic E-state index is 0.123. The van der Waals surface area contributed by atoms with Crippen LogP contribution in [0.4, 0.5) is 5.69 Å². The number of halogens is 1. The summed E-state index contributed by atoms with van der Waals surface area (Å²) in [5.41, 5.74) is 0.999. The summed E-state index contributed by atoms with van der Waals surface area (Å²) in [6.45, 7) is 2.12. The van der Waals surface area contributed by atoms with Gasteiger partial charge in [0.15, 0.2) is 9.84 Å². The zero-order chi connectivity index (χ0) is 12.0. The molecule has 3 nitrogen and oxygen atoms in total. The Morgan fingerprint density at radius 1 is 1.31 bits per heavy atom. The highest BCUT2D eigenvalue weighted by Gasteiger charge is 2.16. The molecule has 0 saturated heterocycles. The second kappa shape index (κ2) is 6.11. The first-order valence-electron chi connectivity index (χ1n) is 5.17. The third-order valence-electron chi connectivity index (χ3n) is 2.20. The van der Waals surface area contributed by atoms with E-state index < -0.39 is 14.5 Å². The maximum atomic E-state index is 11.4. The molecule has 0 aliphatic rings. The average Bonchev–Trinajstić information content (AvgIpc) is 2.26. The number of benzene rings is 1. The Labute approximate surface area is 102 Å². The normalized spacial score (nSPS) is 13.4. The first kappa shape index (κ1) is 13.3. The van der Waals surface area contributed by atoms with E-state index in [1.165, 1.54) is 6.92 Å². The Morgan fingerprint density at radius 3 is 2.50 bits per heavy atom. The lowest BCUT2D eigenvalue weighted by Crippen LogP contribution is -2.17. The highest BCUT2D eigenvalue weighted by Crippen LogP contribution is 2.09. The van der Waals surface area contributed by atoms with E-state index in [4.69, 9.17) is 11.6 Å². The number of rotatable bonds is 6. The second-order valence-electron chi connectivity index (χ2n) is 3.56. The van der Waals surface area contributed by atoms with Gasteiger partial charge in [0, 0.05) is 12.2 Å². The van der Waals surface area contributed by atoms with Crippen molar-refractivity contribution in [3.63, 3.8) is 0 Å². The van der Waals surface area contributed by atoms with Gasteiger partial charge in [-0.1, -0.05) is 18.2 Å². The predicted octanol–water partition coefficient (Wildman–Crippen LogP) is 2.49. The van der Waals surface area contributed by atoms with Gasteiger partial charge in [-0.05, 0) is 25.5 Å². The molecule has 1 rings (SSSR count). The van der Waals surface area contributed by atoms with Crippen molar-refractivity contribution in [2.75, 3.05) is 17.6 Å². The summed E-state index contributed by atoms with van der Waals surface area (Å²) in [4.78, 5) is 0. The summed E-state index contributed by atoms with van der Waals surface area (Å²) < 4.78 is 22.0. The number of nitrogens with one attached hydrogen (secondary N) is 1. The van der Waals surface area contributed by atoms with Crippen LogP contribution < -0.4 is 5.32 Å². The van der Waals surface area contributed by atoms with E-state index >= 15 is 0 Å². The van der Waals surface area contributed by atoms with Gasteiger partial charge < -0.3 is 5.32 Å². The highest BCUT2D eigenvalue weighted by atomic mass is 35.5. The number of para-hydroxylation sites is 1. The highest BCUT2D eigenvalue weighted by molar-refractivity contribution is 7.93.